The number of nitrogens with one attached hydrogen (secondary N) is 1. The first-order chi connectivity index (χ1) is 8.65. The summed E-state index contributed by atoms with van der Waals surface area (Å²) < 4.78 is 37.4. The molecule has 0 aliphatic rings. The van der Waals surface area contributed by atoms with Gasteiger partial charge in [-0.05, 0) is 20.8 Å². The van der Waals surface area contributed by atoms with Crippen LogP contribution in [-0.2, 0) is 19.0 Å². The topological polar surface area (TPSA) is 73.9 Å². The molecule has 0 saturated heterocycles. The monoisotopic (exact) mass is 283 g/mol. The third kappa shape index (κ3) is 9.18. The van der Waals surface area contributed by atoms with Gasteiger partial charge in [-0.1, -0.05) is 0 Å². The molecule has 0 rings (SSSR count). The van der Waals surface area contributed by atoms with Crippen molar-refractivity contribution in [3.05, 3.63) is 0 Å². The van der Waals surface area contributed by atoms with Gasteiger partial charge in [-0.25, -0.2) is 9.59 Å². The number of carbonyl (C=O) groups is 2. The third-order valence-corrected chi connectivity index (χ3v) is 1.81. The van der Waals surface area contributed by atoms with Crippen LogP contribution in [0.1, 0.15) is 27.2 Å². The zero-order valence-electron chi connectivity index (χ0n) is 11.4. The van der Waals surface area contributed by atoms with Gasteiger partial charge in [0.25, 0.3) is 0 Å². The molecule has 0 aliphatic carbocycles. The molecule has 1 N–H and O–H groups in total. The molecule has 0 aromatic carbocycles. The molecule has 0 aromatic rings. The van der Waals surface area contributed by atoms with E-state index in [1.165, 1.54) is 0 Å². The average molecular weight is 283 g/mol. The van der Waals surface area contributed by atoms with Crippen LogP contribution < -0.4 is 5.32 Å². The van der Waals surface area contributed by atoms with Crippen LogP contribution in [0.2, 0.25) is 0 Å². The number of methoxy groups -OCH3 is 1. The number of esters is 1. The molecule has 0 fully saturated rings. The summed E-state index contributed by atoms with van der Waals surface area (Å²) in [4.78, 5) is 22.4. The first kappa shape index (κ1) is 17.6. The van der Waals surface area contributed by atoms with E-state index in [1.54, 1.807) is 20.8 Å². The molecule has 0 heterocycles. The van der Waals surface area contributed by atoms with Gasteiger partial charge in [-0.15, -0.1) is 0 Å². The van der Waals surface area contributed by atoms with Crippen LogP contribution in [0, 0.1) is 0 Å². The van der Waals surface area contributed by atoms with Gasteiger partial charge in [0.1, 0.15) is 5.60 Å². The lowest BCUT2D eigenvalue weighted by Gasteiger charge is -2.20. The Kier molecular flexibility index (Phi) is 7.28. The van der Waals surface area contributed by atoms with Gasteiger partial charge >= 0.3 is 18.7 Å². The third-order valence-electron chi connectivity index (χ3n) is 1.81. The van der Waals surface area contributed by atoms with Crippen molar-refractivity contribution < 1.29 is 32.6 Å². The number of alkyl halides is 2. The van der Waals surface area contributed by atoms with E-state index in [2.05, 4.69) is 14.8 Å². The Hall–Kier alpha value is -1.44. The van der Waals surface area contributed by atoms with Crippen LogP contribution in [0.5, 0.6) is 0 Å². The van der Waals surface area contributed by atoms with Crippen molar-refractivity contribution in [1.29, 1.82) is 0 Å². The molecule has 0 unspecified atom stereocenters. The molecule has 0 bridgehead atoms. The van der Waals surface area contributed by atoms with E-state index in [1.807, 2.05) is 0 Å². The van der Waals surface area contributed by atoms with Crippen LogP contribution in [0.15, 0.2) is 0 Å². The maximum Gasteiger partial charge on any atom is 0.407 e. The minimum atomic E-state index is -3.09. The summed E-state index contributed by atoms with van der Waals surface area (Å²) in [5.41, 5.74) is -0.661. The largest absolute Gasteiger partial charge is 0.467 e. The fourth-order valence-electron chi connectivity index (χ4n) is 1.12. The van der Waals surface area contributed by atoms with E-state index in [-0.39, 0.29) is 13.0 Å². The smallest absolute Gasteiger partial charge is 0.407 e. The zero-order valence-corrected chi connectivity index (χ0v) is 11.4. The second-order valence-corrected chi connectivity index (χ2v) is 4.63. The lowest BCUT2D eigenvalue weighted by molar-refractivity contribution is -0.190. The van der Waals surface area contributed by atoms with Gasteiger partial charge in [0.2, 0.25) is 0 Å². The van der Waals surface area contributed by atoms with Gasteiger partial charge in [-0.2, -0.15) is 8.78 Å². The maximum atomic E-state index is 12.0. The predicted molar refractivity (Wildman–Crippen MR) is 61.7 cm³/mol. The number of carbonyl (C=O) groups excluding carboxylic acids is 2. The van der Waals surface area contributed by atoms with E-state index in [4.69, 9.17) is 4.74 Å². The molecule has 1 amide bonds. The summed E-state index contributed by atoms with van der Waals surface area (Å²) in [5.74, 6) is -0.925. The maximum absolute atomic E-state index is 12.0. The highest BCUT2D eigenvalue weighted by Crippen LogP contribution is 2.08. The molecule has 0 aromatic heterocycles. The van der Waals surface area contributed by atoms with Gasteiger partial charge in [0, 0.05) is 13.0 Å². The summed E-state index contributed by atoms with van der Waals surface area (Å²) >= 11 is 0. The van der Waals surface area contributed by atoms with Crippen LogP contribution in [0.3, 0.4) is 0 Å². The summed E-state index contributed by atoms with van der Waals surface area (Å²) in [6, 6.07) is 0. The number of amides is 1. The number of halogens is 2. The molecule has 0 aliphatic heterocycles. The summed E-state index contributed by atoms with van der Waals surface area (Å²) in [6.07, 6.45) is -2.27. The molecule has 6 nitrogen and oxygen atoms in total. The molecule has 0 saturated carbocycles. The Bertz CT molecular complexity index is 304. The number of ether oxygens (including phenoxy) is 3. The van der Waals surface area contributed by atoms with Crippen LogP contribution in [0.25, 0.3) is 0 Å². The molecular weight excluding hydrogens is 264 g/mol. The predicted octanol–water partition coefficient (Wildman–Crippen LogP) is 1.68. The van der Waals surface area contributed by atoms with Crippen molar-refractivity contribution in [2.75, 3.05) is 13.7 Å². The van der Waals surface area contributed by atoms with E-state index < -0.39 is 30.4 Å². The second kappa shape index (κ2) is 7.88. The number of hydrogen-bond acceptors (Lipinski definition) is 5. The Labute approximate surface area is 110 Å². The van der Waals surface area contributed by atoms with Crippen molar-refractivity contribution in [3.8, 4) is 0 Å². The van der Waals surface area contributed by atoms with Crippen molar-refractivity contribution in [2.45, 2.75) is 45.5 Å². The lowest BCUT2D eigenvalue weighted by Crippen LogP contribution is -2.36. The molecule has 8 heteroatoms. The highest BCUT2D eigenvalue weighted by atomic mass is 19.3. The Balaban J connectivity index is 4.12. The minimum Gasteiger partial charge on any atom is -0.467 e. The van der Waals surface area contributed by atoms with Gasteiger partial charge in [-0.3, -0.25) is 0 Å². The van der Waals surface area contributed by atoms with Crippen molar-refractivity contribution in [2.24, 2.45) is 0 Å². The van der Waals surface area contributed by atoms with Crippen molar-refractivity contribution >= 4 is 12.1 Å². The standard InChI is InChI=1S/C11H19F2NO5/c1-11(2,3)19-10(16)14-6-5-7(8(15)17-4)18-9(12)13/h7,9H,5-6H2,1-4H3,(H,14,16)/t7-/m1/s1. The number of rotatable bonds is 6. The molecular formula is C11H19F2NO5. The molecule has 19 heavy (non-hydrogen) atoms. The fraction of sp³-hybridized carbons (Fsp3) is 0.818. The Morgan fingerprint density at radius 1 is 1.26 bits per heavy atom. The van der Waals surface area contributed by atoms with Crippen LogP contribution in [0.4, 0.5) is 13.6 Å². The van der Waals surface area contributed by atoms with E-state index in [9.17, 15) is 18.4 Å². The Morgan fingerprint density at radius 3 is 2.26 bits per heavy atom. The van der Waals surface area contributed by atoms with Crippen molar-refractivity contribution in [1.82, 2.24) is 5.32 Å². The highest BCUT2D eigenvalue weighted by Gasteiger charge is 2.24. The SMILES string of the molecule is COC(=O)[C@@H](CCNC(=O)OC(C)(C)C)OC(F)F. The van der Waals surface area contributed by atoms with E-state index in [0.29, 0.717) is 0 Å². The Morgan fingerprint density at radius 2 is 1.84 bits per heavy atom. The number of alkyl carbamates (subject to hydrolysis) is 1. The van der Waals surface area contributed by atoms with Crippen molar-refractivity contribution in [3.63, 3.8) is 0 Å². The fourth-order valence-corrected chi connectivity index (χ4v) is 1.12. The van der Waals surface area contributed by atoms with Gasteiger partial charge in [0.15, 0.2) is 6.10 Å². The lowest BCUT2D eigenvalue weighted by atomic mass is 10.2. The van der Waals surface area contributed by atoms with Crippen LogP contribution in [-0.4, -0.2) is 44.0 Å². The zero-order chi connectivity index (χ0) is 15.1. The minimum absolute atomic E-state index is 0.0542. The van der Waals surface area contributed by atoms with Gasteiger partial charge in [0.05, 0.1) is 7.11 Å². The summed E-state index contributed by atoms with van der Waals surface area (Å²) in [5, 5.41) is 2.33. The quantitative estimate of drug-likeness (QED) is 0.751. The van der Waals surface area contributed by atoms with Crippen LogP contribution >= 0.6 is 0 Å². The first-order valence-corrected chi connectivity index (χ1v) is 5.64. The molecule has 0 spiro atoms. The molecule has 0 radical (unpaired) electrons. The van der Waals surface area contributed by atoms with E-state index >= 15 is 0 Å². The highest BCUT2D eigenvalue weighted by molar-refractivity contribution is 5.74. The van der Waals surface area contributed by atoms with E-state index in [0.717, 1.165) is 7.11 Å². The first-order valence-electron chi connectivity index (χ1n) is 5.64. The normalized spacial score (nSPS) is 13.0. The molecule has 112 valence electrons. The van der Waals surface area contributed by atoms with Gasteiger partial charge < -0.3 is 19.5 Å². The summed E-state index contributed by atoms with van der Waals surface area (Å²) in [7, 11) is 1.06. The molecule has 1 atom stereocenters. The second-order valence-electron chi connectivity index (χ2n) is 4.63. The number of hydrogen-bond donors (Lipinski definition) is 1. The summed E-state index contributed by atoms with van der Waals surface area (Å²) in [6.45, 7) is 1.91. The average Bonchev–Trinajstić information content (AvgIpc) is 2.23.